The molecule has 0 fully saturated rings. The number of rotatable bonds is 7. The Morgan fingerprint density at radius 2 is 2.28 bits per heavy atom. The molecule has 0 aliphatic rings. The van der Waals surface area contributed by atoms with Crippen molar-refractivity contribution in [3.8, 4) is 0 Å². The summed E-state index contributed by atoms with van der Waals surface area (Å²) in [5, 5.41) is 3.04. The fourth-order valence-electron chi connectivity index (χ4n) is 1.45. The number of primary amides is 1. The first-order chi connectivity index (χ1) is 8.51. The molecular formula is C11H19N5O2. The third kappa shape index (κ3) is 4.96. The maximum Gasteiger partial charge on any atom is 0.219 e. The van der Waals surface area contributed by atoms with E-state index in [0.717, 1.165) is 0 Å². The minimum absolute atomic E-state index is 0.114. The molecule has 5 N–H and O–H groups in total. The van der Waals surface area contributed by atoms with Crippen LogP contribution in [0, 0.1) is 0 Å². The quantitative estimate of drug-likeness (QED) is 0.642. The molecule has 0 bridgehead atoms. The Bertz CT molecular complexity index is 410. The second-order valence-corrected chi connectivity index (χ2v) is 3.95. The van der Waals surface area contributed by atoms with Crippen molar-refractivity contribution in [1.29, 1.82) is 0 Å². The van der Waals surface area contributed by atoms with Crippen molar-refractivity contribution in [3.63, 3.8) is 0 Å². The molecule has 1 rings (SSSR count). The predicted molar refractivity (Wildman–Crippen MR) is 68.7 cm³/mol. The maximum atomic E-state index is 10.8. The van der Waals surface area contributed by atoms with Crippen molar-refractivity contribution in [3.05, 3.63) is 11.9 Å². The molecule has 0 saturated carbocycles. The summed E-state index contributed by atoms with van der Waals surface area (Å²) in [4.78, 5) is 19.1. The van der Waals surface area contributed by atoms with Gasteiger partial charge in [-0.05, 0) is 13.8 Å². The van der Waals surface area contributed by atoms with Crippen molar-refractivity contribution in [2.45, 2.75) is 32.9 Å². The standard InChI is InChI=1S/C11H19N5O2/c1-3-18-6-11-15-8(12)5-10(16-11)14-7(2)4-9(13)17/h5,7H,3-4,6H2,1-2H3,(H2,13,17)(H3,12,14,15,16). The largest absolute Gasteiger partial charge is 0.384 e. The van der Waals surface area contributed by atoms with Gasteiger partial charge in [-0.25, -0.2) is 9.97 Å². The molecule has 7 heteroatoms. The molecule has 1 aromatic rings. The van der Waals surface area contributed by atoms with E-state index in [0.29, 0.717) is 30.7 Å². The summed E-state index contributed by atoms with van der Waals surface area (Å²) in [5.74, 6) is 1.05. The summed E-state index contributed by atoms with van der Waals surface area (Å²) < 4.78 is 5.22. The van der Waals surface area contributed by atoms with Gasteiger partial charge in [0, 0.05) is 25.1 Å². The summed E-state index contributed by atoms with van der Waals surface area (Å²) in [6.07, 6.45) is 0.227. The van der Waals surface area contributed by atoms with Crippen LogP contribution >= 0.6 is 0 Å². The van der Waals surface area contributed by atoms with Gasteiger partial charge in [0.1, 0.15) is 18.2 Å². The van der Waals surface area contributed by atoms with E-state index in [1.54, 1.807) is 6.07 Å². The average Bonchev–Trinajstić information content (AvgIpc) is 2.24. The number of nitrogens with zero attached hydrogens (tertiary/aromatic N) is 2. The van der Waals surface area contributed by atoms with Crippen LogP contribution in [0.5, 0.6) is 0 Å². The zero-order chi connectivity index (χ0) is 13.5. The molecule has 1 aromatic heterocycles. The fraction of sp³-hybridized carbons (Fsp3) is 0.545. The van der Waals surface area contributed by atoms with Gasteiger partial charge in [-0.1, -0.05) is 0 Å². The lowest BCUT2D eigenvalue weighted by Gasteiger charge is -2.13. The van der Waals surface area contributed by atoms with Crippen LogP contribution in [0.3, 0.4) is 0 Å². The first-order valence-electron chi connectivity index (χ1n) is 5.77. The van der Waals surface area contributed by atoms with Crippen LogP contribution in [0.1, 0.15) is 26.1 Å². The van der Waals surface area contributed by atoms with Crippen molar-refractivity contribution < 1.29 is 9.53 Å². The Balaban J connectivity index is 2.69. The maximum absolute atomic E-state index is 10.8. The summed E-state index contributed by atoms with van der Waals surface area (Å²) >= 11 is 0. The van der Waals surface area contributed by atoms with E-state index in [-0.39, 0.29) is 18.4 Å². The summed E-state index contributed by atoms with van der Waals surface area (Å²) in [5.41, 5.74) is 10.8. The van der Waals surface area contributed by atoms with Gasteiger partial charge in [0.2, 0.25) is 5.91 Å². The third-order valence-electron chi connectivity index (χ3n) is 2.13. The van der Waals surface area contributed by atoms with Gasteiger partial charge >= 0.3 is 0 Å². The molecule has 1 atom stereocenters. The molecule has 0 radical (unpaired) electrons. The summed E-state index contributed by atoms with van der Waals surface area (Å²) in [7, 11) is 0. The number of nitrogens with two attached hydrogens (primary N) is 2. The Morgan fingerprint density at radius 3 is 2.89 bits per heavy atom. The van der Waals surface area contributed by atoms with Crippen LogP contribution in [0.2, 0.25) is 0 Å². The molecule has 1 unspecified atom stereocenters. The van der Waals surface area contributed by atoms with Crippen molar-refractivity contribution >= 4 is 17.5 Å². The second kappa shape index (κ2) is 6.75. The number of hydrogen-bond donors (Lipinski definition) is 3. The van der Waals surface area contributed by atoms with Crippen molar-refractivity contribution in [2.75, 3.05) is 17.7 Å². The summed E-state index contributed by atoms with van der Waals surface area (Å²) in [6, 6.07) is 1.49. The SMILES string of the molecule is CCOCc1nc(N)cc(NC(C)CC(N)=O)n1. The van der Waals surface area contributed by atoms with E-state index in [4.69, 9.17) is 16.2 Å². The number of hydrogen-bond acceptors (Lipinski definition) is 6. The molecule has 1 amide bonds. The van der Waals surface area contributed by atoms with E-state index in [1.807, 2.05) is 13.8 Å². The van der Waals surface area contributed by atoms with Crippen molar-refractivity contribution in [1.82, 2.24) is 9.97 Å². The molecule has 0 saturated heterocycles. The van der Waals surface area contributed by atoms with Gasteiger partial charge in [-0.3, -0.25) is 4.79 Å². The highest BCUT2D eigenvalue weighted by molar-refractivity contribution is 5.74. The Hall–Kier alpha value is -1.89. The first-order valence-corrected chi connectivity index (χ1v) is 5.77. The number of ether oxygens (including phenoxy) is 1. The number of aromatic nitrogens is 2. The van der Waals surface area contributed by atoms with Crippen LogP contribution in [-0.2, 0) is 16.1 Å². The number of anilines is 2. The summed E-state index contributed by atoms with van der Waals surface area (Å²) in [6.45, 7) is 4.62. The first kappa shape index (κ1) is 14.2. The molecular weight excluding hydrogens is 234 g/mol. The molecule has 18 heavy (non-hydrogen) atoms. The monoisotopic (exact) mass is 253 g/mol. The molecule has 100 valence electrons. The van der Waals surface area contributed by atoms with Crippen LogP contribution in [-0.4, -0.2) is 28.5 Å². The molecule has 1 heterocycles. The van der Waals surface area contributed by atoms with Gasteiger partial charge in [-0.2, -0.15) is 0 Å². The number of amides is 1. The van der Waals surface area contributed by atoms with E-state index < -0.39 is 0 Å². The Morgan fingerprint density at radius 1 is 1.56 bits per heavy atom. The highest BCUT2D eigenvalue weighted by atomic mass is 16.5. The molecule has 7 nitrogen and oxygen atoms in total. The zero-order valence-corrected chi connectivity index (χ0v) is 10.6. The number of carbonyl (C=O) groups excluding carboxylic acids is 1. The number of nitrogen functional groups attached to an aromatic ring is 1. The van der Waals surface area contributed by atoms with Crippen LogP contribution in [0.25, 0.3) is 0 Å². The zero-order valence-electron chi connectivity index (χ0n) is 10.6. The Labute approximate surface area is 106 Å². The number of carbonyl (C=O) groups is 1. The van der Waals surface area contributed by atoms with E-state index in [9.17, 15) is 4.79 Å². The van der Waals surface area contributed by atoms with Gasteiger partial charge in [0.05, 0.1) is 0 Å². The van der Waals surface area contributed by atoms with Crippen LogP contribution in [0.15, 0.2) is 6.07 Å². The normalized spacial score (nSPS) is 12.1. The minimum atomic E-state index is -0.369. The van der Waals surface area contributed by atoms with Gasteiger partial charge in [0.25, 0.3) is 0 Å². The smallest absolute Gasteiger partial charge is 0.219 e. The van der Waals surface area contributed by atoms with Crippen LogP contribution in [0.4, 0.5) is 11.6 Å². The lowest BCUT2D eigenvalue weighted by Crippen LogP contribution is -2.24. The highest BCUT2D eigenvalue weighted by Crippen LogP contribution is 2.11. The molecule has 0 aliphatic heterocycles. The predicted octanol–water partition coefficient (Wildman–Crippen LogP) is 0.271. The third-order valence-corrected chi connectivity index (χ3v) is 2.13. The molecule has 0 aromatic carbocycles. The lowest BCUT2D eigenvalue weighted by atomic mass is 10.2. The topological polar surface area (TPSA) is 116 Å². The van der Waals surface area contributed by atoms with Crippen LogP contribution < -0.4 is 16.8 Å². The van der Waals surface area contributed by atoms with Gasteiger partial charge in [0.15, 0.2) is 5.82 Å². The van der Waals surface area contributed by atoms with Crippen molar-refractivity contribution in [2.24, 2.45) is 5.73 Å². The highest BCUT2D eigenvalue weighted by Gasteiger charge is 2.08. The molecule has 0 spiro atoms. The van der Waals surface area contributed by atoms with E-state index in [2.05, 4.69) is 15.3 Å². The van der Waals surface area contributed by atoms with E-state index in [1.165, 1.54) is 0 Å². The minimum Gasteiger partial charge on any atom is -0.384 e. The average molecular weight is 253 g/mol. The van der Waals surface area contributed by atoms with E-state index >= 15 is 0 Å². The number of nitrogens with one attached hydrogen (secondary N) is 1. The van der Waals surface area contributed by atoms with Gasteiger partial charge in [-0.15, -0.1) is 0 Å². The Kier molecular flexibility index (Phi) is 5.31. The lowest BCUT2D eigenvalue weighted by molar-refractivity contribution is -0.118. The van der Waals surface area contributed by atoms with Gasteiger partial charge < -0.3 is 21.5 Å². The fourth-order valence-corrected chi connectivity index (χ4v) is 1.45. The second-order valence-electron chi connectivity index (χ2n) is 3.95. The molecule has 0 aliphatic carbocycles.